The number of nitrogens with zero attached hydrogens (tertiary/aromatic N) is 1. The molecule has 0 bridgehead atoms. The molecule has 1 aromatic carbocycles. The highest BCUT2D eigenvalue weighted by molar-refractivity contribution is 9.10. The van der Waals surface area contributed by atoms with Crippen molar-refractivity contribution in [1.82, 2.24) is 5.32 Å². The van der Waals surface area contributed by atoms with Crippen LogP contribution in [-0.4, -0.2) is 23.7 Å². The Hall–Kier alpha value is -0.980. The number of nitrogens with one attached hydrogen (secondary N) is 1. The fourth-order valence-electron chi connectivity index (χ4n) is 2.15. The molecule has 0 atom stereocenters. The van der Waals surface area contributed by atoms with Crippen LogP contribution in [0.15, 0.2) is 22.7 Å². The van der Waals surface area contributed by atoms with Crippen molar-refractivity contribution in [2.24, 2.45) is 0 Å². The Balaban J connectivity index is 2.07. The van der Waals surface area contributed by atoms with E-state index in [2.05, 4.69) is 28.2 Å². The summed E-state index contributed by atoms with van der Waals surface area (Å²) in [4.78, 5) is 10.5. The van der Waals surface area contributed by atoms with Crippen LogP contribution in [0.1, 0.15) is 25.3 Å². The molecule has 1 heterocycles. The number of nitro groups is 1. The van der Waals surface area contributed by atoms with Gasteiger partial charge in [-0.05, 0) is 41.3 Å². The lowest BCUT2D eigenvalue weighted by molar-refractivity contribution is -0.385. The minimum absolute atomic E-state index is 0.0440. The van der Waals surface area contributed by atoms with Crippen LogP contribution in [0.25, 0.3) is 0 Å². The maximum atomic E-state index is 10.9. The van der Waals surface area contributed by atoms with Gasteiger partial charge in [0.2, 0.25) is 0 Å². The summed E-state index contributed by atoms with van der Waals surface area (Å²) in [5, 5.41) is 14.4. The maximum Gasteiger partial charge on any atom is 0.283 e. The Morgan fingerprint density at radius 1 is 1.47 bits per heavy atom. The average Bonchev–Trinajstić information content (AvgIpc) is 2.38. The third-order valence-corrected chi connectivity index (χ3v) is 4.47. The van der Waals surface area contributed by atoms with Crippen LogP contribution in [-0.2, 0) is 11.3 Å². The number of ether oxygens (including phenoxy) is 1. The van der Waals surface area contributed by atoms with Crippen molar-refractivity contribution < 1.29 is 9.66 Å². The Bertz CT molecular complexity index is 473. The highest BCUT2D eigenvalue weighted by Gasteiger charge is 2.27. The number of hydrogen-bond acceptors (Lipinski definition) is 4. The van der Waals surface area contributed by atoms with Crippen molar-refractivity contribution >= 4 is 21.6 Å². The Labute approximate surface area is 120 Å². The molecule has 1 aromatic rings. The second-order valence-corrected chi connectivity index (χ2v) is 5.83. The molecule has 0 amide bonds. The highest BCUT2D eigenvalue weighted by Crippen LogP contribution is 2.29. The number of hydrogen-bond donors (Lipinski definition) is 1. The monoisotopic (exact) mass is 328 g/mol. The van der Waals surface area contributed by atoms with Crippen molar-refractivity contribution in [3.8, 4) is 0 Å². The van der Waals surface area contributed by atoms with E-state index in [-0.39, 0.29) is 16.1 Å². The van der Waals surface area contributed by atoms with E-state index >= 15 is 0 Å². The van der Waals surface area contributed by atoms with Gasteiger partial charge in [-0.3, -0.25) is 10.1 Å². The molecule has 0 radical (unpaired) electrons. The van der Waals surface area contributed by atoms with Crippen molar-refractivity contribution in [2.75, 3.05) is 13.2 Å². The minimum Gasteiger partial charge on any atom is -0.381 e. The molecule has 0 unspecified atom stereocenters. The first-order chi connectivity index (χ1) is 9.02. The molecule has 0 aliphatic carbocycles. The van der Waals surface area contributed by atoms with Crippen LogP contribution in [0.2, 0.25) is 0 Å². The number of benzene rings is 1. The van der Waals surface area contributed by atoms with Gasteiger partial charge < -0.3 is 10.1 Å². The van der Waals surface area contributed by atoms with Gasteiger partial charge in [0, 0.05) is 31.4 Å². The van der Waals surface area contributed by atoms with E-state index in [1.807, 2.05) is 6.07 Å². The largest absolute Gasteiger partial charge is 0.381 e. The fourth-order valence-corrected chi connectivity index (χ4v) is 2.70. The smallest absolute Gasteiger partial charge is 0.283 e. The van der Waals surface area contributed by atoms with Gasteiger partial charge in [0.05, 0.1) is 9.40 Å². The zero-order valence-corrected chi connectivity index (χ0v) is 12.4. The first-order valence-electron chi connectivity index (χ1n) is 6.26. The molecular weight excluding hydrogens is 312 g/mol. The lowest BCUT2D eigenvalue weighted by Gasteiger charge is -2.34. The molecule has 0 spiro atoms. The van der Waals surface area contributed by atoms with E-state index in [4.69, 9.17) is 4.74 Å². The van der Waals surface area contributed by atoms with Crippen molar-refractivity contribution in [2.45, 2.75) is 31.8 Å². The Kier molecular flexibility index (Phi) is 4.54. The maximum absolute atomic E-state index is 10.9. The summed E-state index contributed by atoms with van der Waals surface area (Å²) in [5.41, 5.74) is 1.06. The van der Waals surface area contributed by atoms with Crippen LogP contribution < -0.4 is 5.32 Å². The zero-order chi connectivity index (χ0) is 13.9. The van der Waals surface area contributed by atoms with E-state index in [0.29, 0.717) is 11.0 Å². The van der Waals surface area contributed by atoms with E-state index in [0.717, 1.165) is 31.6 Å². The highest BCUT2D eigenvalue weighted by atomic mass is 79.9. The molecule has 1 saturated heterocycles. The molecule has 6 heteroatoms. The number of rotatable bonds is 4. The van der Waals surface area contributed by atoms with Crippen LogP contribution in [0, 0.1) is 10.1 Å². The fraction of sp³-hybridized carbons (Fsp3) is 0.538. The summed E-state index contributed by atoms with van der Waals surface area (Å²) in [6.45, 7) is 4.30. The standard InChI is InChI=1S/C13H17BrN2O3/c1-13(5-7-19-8-6-13)15-9-10-3-2-4-11(12(10)14)16(17)18/h2-4,15H,5-9H2,1H3. The van der Waals surface area contributed by atoms with E-state index in [1.54, 1.807) is 6.07 Å². The predicted octanol–water partition coefficient (Wildman–Crippen LogP) is 3.02. The zero-order valence-electron chi connectivity index (χ0n) is 10.8. The van der Waals surface area contributed by atoms with Gasteiger partial charge in [0.25, 0.3) is 5.69 Å². The summed E-state index contributed by atoms with van der Waals surface area (Å²) in [5.74, 6) is 0. The summed E-state index contributed by atoms with van der Waals surface area (Å²) in [7, 11) is 0. The van der Waals surface area contributed by atoms with Gasteiger partial charge in [-0.2, -0.15) is 0 Å². The molecule has 104 valence electrons. The molecule has 1 aliphatic rings. The van der Waals surface area contributed by atoms with E-state index < -0.39 is 0 Å². The minimum atomic E-state index is -0.371. The molecule has 0 aromatic heterocycles. The normalized spacial score (nSPS) is 18.2. The summed E-state index contributed by atoms with van der Waals surface area (Å²) in [6.07, 6.45) is 1.92. The molecule has 1 aliphatic heterocycles. The third-order valence-electron chi connectivity index (χ3n) is 3.56. The van der Waals surface area contributed by atoms with Crippen molar-refractivity contribution in [3.05, 3.63) is 38.3 Å². The SMILES string of the molecule is CC1(NCc2cccc([N+](=O)[O-])c2Br)CCOCC1. The second kappa shape index (κ2) is 5.98. The van der Waals surface area contributed by atoms with E-state index in [1.165, 1.54) is 6.07 Å². The first kappa shape index (κ1) is 14.4. The van der Waals surface area contributed by atoms with Gasteiger partial charge in [0.1, 0.15) is 0 Å². The van der Waals surface area contributed by atoms with E-state index in [9.17, 15) is 10.1 Å². The summed E-state index contributed by atoms with van der Waals surface area (Å²) >= 11 is 3.32. The molecular formula is C13H17BrN2O3. The van der Waals surface area contributed by atoms with Crippen molar-refractivity contribution in [3.63, 3.8) is 0 Å². The molecule has 0 saturated carbocycles. The lowest BCUT2D eigenvalue weighted by Crippen LogP contribution is -2.46. The molecule has 5 nitrogen and oxygen atoms in total. The topological polar surface area (TPSA) is 64.4 Å². The van der Waals surface area contributed by atoms with Crippen LogP contribution in [0.5, 0.6) is 0 Å². The van der Waals surface area contributed by atoms with Gasteiger partial charge in [-0.25, -0.2) is 0 Å². The average molecular weight is 329 g/mol. The van der Waals surface area contributed by atoms with Gasteiger partial charge in [-0.15, -0.1) is 0 Å². The molecule has 1 N–H and O–H groups in total. The predicted molar refractivity (Wildman–Crippen MR) is 76.1 cm³/mol. The second-order valence-electron chi connectivity index (χ2n) is 5.03. The van der Waals surface area contributed by atoms with Crippen LogP contribution in [0.3, 0.4) is 0 Å². The Morgan fingerprint density at radius 3 is 2.79 bits per heavy atom. The summed E-state index contributed by atoms with van der Waals surface area (Å²) in [6, 6.07) is 5.11. The van der Waals surface area contributed by atoms with Crippen LogP contribution >= 0.6 is 15.9 Å². The summed E-state index contributed by atoms with van der Waals surface area (Å²) < 4.78 is 5.91. The van der Waals surface area contributed by atoms with Crippen molar-refractivity contribution in [1.29, 1.82) is 0 Å². The molecule has 1 fully saturated rings. The van der Waals surface area contributed by atoms with Gasteiger partial charge >= 0.3 is 0 Å². The third kappa shape index (κ3) is 3.52. The lowest BCUT2D eigenvalue weighted by atomic mass is 9.92. The number of halogens is 1. The molecule has 19 heavy (non-hydrogen) atoms. The first-order valence-corrected chi connectivity index (χ1v) is 7.06. The Morgan fingerprint density at radius 2 is 2.16 bits per heavy atom. The van der Waals surface area contributed by atoms with Gasteiger partial charge in [0.15, 0.2) is 0 Å². The molecule has 2 rings (SSSR count). The van der Waals surface area contributed by atoms with Gasteiger partial charge in [-0.1, -0.05) is 12.1 Å². The quantitative estimate of drug-likeness (QED) is 0.681. The van der Waals surface area contributed by atoms with Crippen LogP contribution in [0.4, 0.5) is 5.69 Å². The number of nitro benzene ring substituents is 1.